The van der Waals surface area contributed by atoms with Crippen LogP contribution in [0.2, 0.25) is 0 Å². The number of carbonyl (C=O) groups excluding carboxylic acids is 1. The Morgan fingerprint density at radius 3 is 2.44 bits per heavy atom. The normalized spacial score (nSPS) is 10.5. The van der Waals surface area contributed by atoms with E-state index in [0.717, 1.165) is 20.4 Å². The van der Waals surface area contributed by atoms with Crippen molar-refractivity contribution in [1.29, 1.82) is 0 Å². The number of aryl methyl sites for hydroxylation is 1. The third-order valence-electron chi connectivity index (χ3n) is 4.28. The summed E-state index contributed by atoms with van der Waals surface area (Å²) in [6.07, 6.45) is 0.467. The van der Waals surface area contributed by atoms with Crippen LogP contribution >= 0.6 is 22.6 Å². The predicted molar refractivity (Wildman–Crippen MR) is 116 cm³/mol. The number of rotatable bonds is 6. The quantitative estimate of drug-likeness (QED) is 0.356. The fourth-order valence-corrected chi connectivity index (χ4v) is 3.44. The summed E-state index contributed by atoms with van der Waals surface area (Å²) in [6.45, 7) is 2.01. The number of carbonyl (C=O) groups is 1. The van der Waals surface area contributed by atoms with Gasteiger partial charge in [0.1, 0.15) is 0 Å². The van der Waals surface area contributed by atoms with Gasteiger partial charge in [0.05, 0.1) is 17.8 Å². The minimum Gasteiger partial charge on any atom is -0.355 e. The topological polar surface area (TPSA) is 32.3 Å². The fourth-order valence-electron chi connectivity index (χ4n) is 2.80. The molecule has 0 radical (unpaired) electrons. The zero-order valence-corrected chi connectivity index (χ0v) is 17.1. The molecule has 0 spiro atoms. The van der Waals surface area contributed by atoms with E-state index in [9.17, 15) is 9.28 Å². The maximum Gasteiger partial charge on any atom is 0.283 e. The predicted octanol–water partition coefficient (Wildman–Crippen LogP) is 5.91. The number of hydrogen-bond acceptors (Lipinski definition) is 2. The Kier molecular flexibility index (Phi) is 6.45. The van der Waals surface area contributed by atoms with Gasteiger partial charge in [0.15, 0.2) is 0 Å². The molecule has 3 nitrogen and oxygen atoms in total. The van der Waals surface area contributed by atoms with Gasteiger partial charge >= 0.3 is 0 Å². The van der Waals surface area contributed by atoms with Crippen LogP contribution in [0.5, 0.6) is 0 Å². The lowest BCUT2D eigenvalue weighted by molar-refractivity contribution is 0.0204. The van der Waals surface area contributed by atoms with Crippen molar-refractivity contribution >= 4 is 39.9 Å². The first kappa shape index (κ1) is 19.4. The Bertz CT molecular complexity index is 931. The molecule has 138 valence electrons. The van der Waals surface area contributed by atoms with Crippen LogP contribution in [0.1, 0.15) is 21.5 Å². The summed E-state index contributed by atoms with van der Waals surface area (Å²) in [6, 6.07) is 22.6. The van der Waals surface area contributed by atoms with Crippen molar-refractivity contribution in [3.8, 4) is 0 Å². The number of nitrogens with zero attached hydrogens (tertiary/aromatic N) is 1. The van der Waals surface area contributed by atoms with Crippen molar-refractivity contribution < 1.29 is 9.28 Å². The molecule has 0 fully saturated rings. The summed E-state index contributed by atoms with van der Waals surface area (Å²) in [5.41, 5.74) is 3.85. The lowest BCUT2D eigenvalue weighted by atomic mass is 10.1. The van der Waals surface area contributed by atoms with E-state index in [1.807, 2.05) is 55.5 Å². The molecule has 0 aliphatic rings. The Labute approximate surface area is 172 Å². The van der Waals surface area contributed by atoms with E-state index in [4.69, 9.17) is 0 Å². The third kappa shape index (κ3) is 5.07. The maximum atomic E-state index is 14.5. The van der Waals surface area contributed by atoms with E-state index in [2.05, 4.69) is 34.0 Å². The molecule has 1 amide bonds. The van der Waals surface area contributed by atoms with Crippen LogP contribution < -0.4 is 5.32 Å². The van der Waals surface area contributed by atoms with Gasteiger partial charge in [-0.2, -0.15) is 5.12 Å². The van der Waals surface area contributed by atoms with Crippen molar-refractivity contribution in [2.24, 2.45) is 0 Å². The lowest BCUT2D eigenvalue weighted by Crippen LogP contribution is -2.25. The van der Waals surface area contributed by atoms with Crippen molar-refractivity contribution in [3.63, 3.8) is 0 Å². The number of amides is 1. The highest BCUT2D eigenvalue weighted by Crippen LogP contribution is 2.26. The molecule has 0 aromatic heterocycles. The number of benzene rings is 3. The van der Waals surface area contributed by atoms with E-state index < -0.39 is 5.91 Å². The minimum absolute atomic E-state index is 0.0136. The van der Waals surface area contributed by atoms with Crippen LogP contribution in [0, 0.1) is 10.5 Å². The second-order valence-electron chi connectivity index (χ2n) is 6.26. The average molecular weight is 474 g/mol. The summed E-state index contributed by atoms with van der Waals surface area (Å²) in [5.74, 6) is -0.641. The highest BCUT2D eigenvalue weighted by atomic mass is 127. The third-order valence-corrected chi connectivity index (χ3v) is 4.95. The molecule has 0 saturated heterocycles. The Hall–Kier alpha value is -2.41. The summed E-state index contributed by atoms with van der Waals surface area (Å²) in [4.78, 5) is 12.6. The van der Waals surface area contributed by atoms with Crippen molar-refractivity contribution in [2.75, 3.05) is 11.9 Å². The van der Waals surface area contributed by atoms with Crippen LogP contribution in [-0.2, 0) is 6.42 Å². The van der Waals surface area contributed by atoms with E-state index in [1.54, 1.807) is 18.2 Å². The monoisotopic (exact) mass is 474 g/mol. The Balaban J connectivity index is 1.75. The van der Waals surface area contributed by atoms with Gasteiger partial charge in [0.25, 0.3) is 5.91 Å². The average Bonchev–Trinajstić information content (AvgIpc) is 2.69. The number of anilines is 2. The number of hydrogen-bond donors (Lipinski definition) is 1. The minimum atomic E-state index is -0.641. The van der Waals surface area contributed by atoms with Gasteiger partial charge in [-0.1, -0.05) is 46.9 Å². The van der Waals surface area contributed by atoms with Crippen molar-refractivity contribution in [1.82, 2.24) is 5.12 Å². The first-order chi connectivity index (χ1) is 13.0. The summed E-state index contributed by atoms with van der Waals surface area (Å²) < 4.78 is 15.6. The van der Waals surface area contributed by atoms with E-state index in [1.165, 1.54) is 0 Å². The Morgan fingerprint density at radius 2 is 1.70 bits per heavy atom. The maximum absolute atomic E-state index is 14.5. The number of halogens is 2. The molecule has 3 aromatic carbocycles. The van der Waals surface area contributed by atoms with Gasteiger partial charge in [0, 0.05) is 9.26 Å². The van der Waals surface area contributed by atoms with Gasteiger partial charge in [0.2, 0.25) is 0 Å². The van der Waals surface area contributed by atoms with Crippen molar-refractivity contribution in [3.05, 3.63) is 93.1 Å². The molecule has 3 rings (SSSR count). The second kappa shape index (κ2) is 8.99. The summed E-state index contributed by atoms with van der Waals surface area (Å²) in [5, 5.41) is 3.55. The first-order valence-electron chi connectivity index (χ1n) is 8.68. The zero-order valence-electron chi connectivity index (χ0n) is 15.0. The van der Waals surface area contributed by atoms with Crippen molar-refractivity contribution in [2.45, 2.75) is 13.3 Å². The zero-order chi connectivity index (χ0) is 19.2. The SMILES string of the molecule is Cc1cc(I)ccc1Nc1ccccc1C(=O)N(F)CCc1ccccc1. The molecule has 0 aliphatic heterocycles. The molecular formula is C22H20FIN2O. The molecule has 0 saturated carbocycles. The number of para-hydroxylation sites is 1. The molecule has 0 bridgehead atoms. The van der Waals surface area contributed by atoms with Gasteiger partial charge in [-0.25, -0.2) is 0 Å². The molecule has 0 heterocycles. The van der Waals surface area contributed by atoms with Gasteiger partial charge < -0.3 is 5.32 Å². The molecule has 0 aliphatic carbocycles. The molecule has 0 atom stereocenters. The standard InChI is InChI=1S/C22H20FIN2O/c1-16-15-18(24)11-12-20(16)25-21-10-6-5-9-19(21)22(27)26(23)14-13-17-7-3-2-4-8-17/h2-12,15,25H,13-14H2,1H3. The molecule has 1 N–H and O–H groups in total. The molecule has 27 heavy (non-hydrogen) atoms. The van der Waals surface area contributed by atoms with E-state index in [0.29, 0.717) is 17.7 Å². The smallest absolute Gasteiger partial charge is 0.283 e. The van der Waals surface area contributed by atoms with Crippen LogP contribution in [0.25, 0.3) is 0 Å². The number of nitrogens with one attached hydrogen (secondary N) is 1. The highest BCUT2D eigenvalue weighted by molar-refractivity contribution is 14.1. The van der Waals surface area contributed by atoms with E-state index >= 15 is 0 Å². The van der Waals surface area contributed by atoms with Crippen LogP contribution in [0.3, 0.4) is 0 Å². The Morgan fingerprint density at radius 1 is 1.00 bits per heavy atom. The summed E-state index contributed by atoms with van der Waals surface area (Å²) >= 11 is 2.25. The molecule has 0 unspecified atom stereocenters. The van der Waals surface area contributed by atoms with E-state index in [-0.39, 0.29) is 11.7 Å². The van der Waals surface area contributed by atoms with Gasteiger partial charge in [-0.15, -0.1) is 0 Å². The fraction of sp³-hybridized carbons (Fsp3) is 0.136. The van der Waals surface area contributed by atoms with Gasteiger partial charge in [-0.05, 0) is 77.4 Å². The molecular weight excluding hydrogens is 454 g/mol. The van der Waals surface area contributed by atoms with Crippen LogP contribution in [0.4, 0.5) is 15.9 Å². The molecule has 3 aromatic rings. The summed E-state index contributed by atoms with van der Waals surface area (Å²) in [7, 11) is 0. The first-order valence-corrected chi connectivity index (χ1v) is 9.76. The highest BCUT2D eigenvalue weighted by Gasteiger charge is 2.19. The molecule has 5 heteroatoms. The van der Waals surface area contributed by atoms with Crippen LogP contribution in [-0.4, -0.2) is 17.6 Å². The largest absolute Gasteiger partial charge is 0.355 e. The van der Waals surface area contributed by atoms with Gasteiger partial charge in [-0.3, -0.25) is 4.79 Å². The lowest BCUT2D eigenvalue weighted by Gasteiger charge is -2.17. The van der Waals surface area contributed by atoms with Crippen LogP contribution in [0.15, 0.2) is 72.8 Å². The second-order valence-corrected chi connectivity index (χ2v) is 7.50.